The predicted octanol–water partition coefficient (Wildman–Crippen LogP) is 2.73. The van der Waals surface area contributed by atoms with E-state index in [1.54, 1.807) is 12.1 Å². The van der Waals surface area contributed by atoms with Crippen LogP contribution in [0.4, 0.5) is 4.39 Å². The van der Waals surface area contributed by atoms with Crippen molar-refractivity contribution < 1.29 is 14.3 Å². The number of thioether (sulfide) groups is 1. The van der Waals surface area contributed by atoms with Gasteiger partial charge in [0.1, 0.15) is 5.82 Å². The fourth-order valence-electron chi connectivity index (χ4n) is 2.56. The molecule has 1 aromatic rings. The summed E-state index contributed by atoms with van der Waals surface area (Å²) < 4.78 is 12.8. The summed E-state index contributed by atoms with van der Waals surface area (Å²) in [5.41, 5.74) is -0.432. The number of carbonyl (C=O) groups excluding carboxylic acids is 1. The Morgan fingerprint density at radius 2 is 1.90 bits per heavy atom. The second kappa shape index (κ2) is 7.09. The molecule has 0 saturated heterocycles. The van der Waals surface area contributed by atoms with Crippen LogP contribution in [0, 0.1) is 5.82 Å². The number of hydrogen-bond acceptors (Lipinski definition) is 3. The molecule has 3 nitrogen and oxygen atoms in total. The van der Waals surface area contributed by atoms with Gasteiger partial charge in [0.25, 0.3) is 0 Å². The SMILES string of the molecule is O=C(CSc1ccc(F)cc1)NC1(CO)CCCCC1. The molecule has 5 heteroatoms. The van der Waals surface area contributed by atoms with E-state index < -0.39 is 5.54 Å². The van der Waals surface area contributed by atoms with E-state index in [2.05, 4.69) is 5.32 Å². The van der Waals surface area contributed by atoms with Gasteiger partial charge < -0.3 is 10.4 Å². The minimum atomic E-state index is -0.432. The van der Waals surface area contributed by atoms with Crippen molar-refractivity contribution in [2.75, 3.05) is 12.4 Å². The van der Waals surface area contributed by atoms with Crippen LogP contribution in [-0.2, 0) is 4.79 Å². The highest BCUT2D eigenvalue weighted by atomic mass is 32.2. The maximum Gasteiger partial charge on any atom is 0.230 e. The van der Waals surface area contributed by atoms with E-state index in [9.17, 15) is 14.3 Å². The Kier molecular flexibility index (Phi) is 5.43. The van der Waals surface area contributed by atoms with E-state index in [-0.39, 0.29) is 24.1 Å². The summed E-state index contributed by atoms with van der Waals surface area (Å²) >= 11 is 1.37. The van der Waals surface area contributed by atoms with Gasteiger partial charge in [0.2, 0.25) is 5.91 Å². The first-order valence-electron chi connectivity index (χ1n) is 6.94. The Labute approximate surface area is 123 Å². The van der Waals surface area contributed by atoms with Gasteiger partial charge >= 0.3 is 0 Å². The fraction of sp³-hybridized carbons (Fsp3) is 0.533. The van der Waals surface area contributed by atoms with Gasteiger partial charge in [-0.3, -0.25) is 4.79 Å². The normalized spacial score (nSPS) is 17.7. The maximum atomic E-state index is 12.8. The molecule has 0 spiro atoms. The minimum Gasteiger partial charge on any atom is -0.394 e. The van der Waals surface area contributed by atoms with Crippen LogP contribution in [0.15, 0.2) is 29.2 Å². The molecule has 0 aliphatic heterocycles. The zero-order chi connectivity index (χ0) is 14.4. The van der Waals surface area contributed by atoms with Gasteiger partial charge in [0.15, 0.2) is 0 Å². The van der Waals surface area contributed by atoms with Crippen LogP contribution in [-0.4, -0.2) is 28.9 Å². The monoisotopic (exact) mass is 297 g/mol. The molecule has 110 valence electrons. The van der Waals surface area contributed by atoms with E-state index >= 15 is 0 Å². The molecular weight excluding hydrogens is 277 g/mol. The molecule has 0 heterocycles. The van der Waals surface area contributed by atoms with Crippen molar-refractivity contribution >= 4 is 17.7 Å². The van der Waals surface area contributed by atoms with Crippen molar-refractivity contribution in [2.24, 2.45) is 0 Å². The summed E-state index contributed by atoms with van der Waals surface area (Å²) in [5, 5.41) is 12.5. The van der Waals surface area contributed by atoms with Crippen molar-refractivity contribution in [1.29, 1.82) is 0 Å². The highest BCUT2D eigenvalue weighted by Crippen LogP contribution is 2.28. The van der Waals surface area contributed by atoms with E-state index in [0.29, 0.717) is 0 Å². The third kappa shape index (κ3) is 4.21. The Morgan fingerprint density at radius 3 is 2.50 bits per heavy atom. The summed E-state index contributed by atoms with van der Waals surface area (Å²) in [6, 6.07) is 6.10. The number of carbonyl (C=O) groups is 1. The van der Waals surface area contributed by atoms with Gasteiger partial charge in [-0.25, -0.2) is 4.39 Å². The molecule has 1 saturated carbocycles. The summed E-state index contributed by atoms with van der Waals surface area (Å²) in [6.07, 6.45) is 4.95. The first-order valence-corrected chi connectivity index (χ1v) is 7.92. The van der Waals surface area contributed by atoms with Crippen LogP contribution in [0.3, 0.4) is 0 Å². The third-order valence-corrected chi connectivity index (χ3v) is 4.71. The van der Waals surface area contributed by atoms with Crippen molar-refractivity contribution in [2.45, 2.75) is 42.5 Å². The van der Waals surface area contributed by atoms with Crippen molar-refractivity contribution in [3.8, 4) is 0 Å². The van der Waals surface area contributed by atoms with Crippen LogP contribution >= 0.6 is 11.8 Å². The first kappa shape index (κ1) is 15.3. The highest BCUT2D eigenvalue weighted by molar-refractivity contribution is 8.00. The zero-order valence-electron chi connectivity index (χ0n) is 11.4. The molecule has 0 aromatic heterocycles. The Morgan fingerprint density at radius 1 is 1.25 bits per heavy atom. The molecule has 1 amide bonds. The molecule has 2 rings (SSSR count). The lowest BCUT2D eigenvalue weighted by atomic mass is 9.82. The van der Waals surface area contributed by atoms with E-state index in [1.165, 1.54) is 30.3 Å². The second-order valence-electron chi connectivity index (χ2n) is 5.29. The Balaban J connectivity index is 1.83. The van der Waals surface area contributed by atoms with E-state index in [0.717, 1.165) is 30.6 Å². The number of aliphatic hydroxyl groups excluding tert-OH is 1. The van der Waals surface area contributed by atoms with Crippen LogP contribution < -0.4 is 5.32 Å². The molecule has 1 aliphatic carbocycles. The van der Waals surface area contributed by atoms with Gasteiger partial charge in [-0.05, 0) is 37.1 Å². The smallest absolute Gasteiger partial charge is 0.230 e. The van der Waals surface area contributed by atoms with Crippen molar-refractivity contribution in [1.82, 2.24) is 5.32 Å². The average Bonchev–Trinajstić information content (AvgIpc) is 2.47. The molecule has 1 aliphatic rings. The lowest BCUT2D eigenvalue weighted by molar-refractivity contribution is -0.121. The van der Waals surface area contributed by atoms with E-state index in [4.69, 9.17) is 0 Å². The largest absolute Gasteiger partial charge is 0.394 e. The van der Waals surface area contributed by atoms with Gasteiger partial charge in [-0.1, -0.05) is 19.3 Å². The molecule has 1 fully saturated rings. The fourth-order valence-corrected chi connectivity index (χ4v) is 3.26. The Bertz CT molecular complexity index is 444. The summed E-state index contributed by atoms with van der Waals surface area (Å²) in [6.45, 7) is -0.0000448. The second-order valence-corrected chi connectivity index (χ2v) is 6.34. The molecule has 0 bridgehead atoms. The van der Waals surface area contributed by atoms with Crippen molar-refractivity contribution in [3.05, 3.63) is 30.1 Å². The van der Waals surface area contributed by atoms with Crippen LogP contribution in [0.5, 0.6) is 0 Å². The van der Waals surface area contributed by atoms with Crippen LogP contribution in [0.1, 0.15) is 32.1 Å². The van der Waals surface area contributed by atoms with Crippen LogP contribution in [0.25, 0.3) is 0 Å². The number of amides is 1. The molecule has 0 radical (unpaired) electrons. The number of aliphatic hydroxyl groups is 1. The molecule has 20 heavy (non-hydrogen) atoms. The number of halogens is 1. The topological polar surface area (TPSA) is 49.3 Å². The molecule has 1 aromatic carbocycles. The summed E-state index contributed by atoms with van der Waals surface area (Å²) in [4.78, 5) is 12.9. The maximum absolute atomic E-state index is 12.8. The molecule has 2 N–H and O–H groups in total. The lowest BCUT2D eigenvalue weighted by Crippen LogP contribution is -2.53. The minimum absolute atomic E-state index is 0.0000448. The third-order valence-electron chi connectivity index (χ3n) is 3.70. The molecule has 0 unspecified atom stereocenters. The molecular formula is C15H20FNO2S. The molecule has 0 atom stereocenters. The van der Waals surface area contributed by atoms with Gasteiger partial charge in [-0.2, -0.15) is 0 Å². The number of rotatable bonds is 5. The Hall–Kier alpha value is -1.07. The quantitative estimate of drug-likeness (QED) is 0.822. The van der Waals surface area contributed by atoms with Gasteiger partial charge in [-0.15, -0.1) is 11.8 Å². The number of hydrogen-bond donors (Lipinski definition) is 2. The van der Waals surface area contributed by atoms with Gasteiger partial charge in [0.05, 0.1) is 17.9 Å². The zero-order valence-corrected chi connectivity index (χ0v) is 12.2. The first-order chi connectivity index (χ1) is 9.63. The standard InChI is InChI=1S/C15H20FNO2S/c16-12-4-6-13(7-5-12)20-10-14(19)17-15(11-18)8-2-1-3-9-15/h4-7,18H,1-3,8-11H2,(H,17,19). The number of benzene rings is 1. The summed E-state index contributed by atoms with van der Waals surface area (Å²) in [5.74, 6) is -0.0663. The summed E-state index contributed by atoms with van der Waals surface area (Å²) in [7, 11) is 0. The lowest BCUT2D eigenvalue weighted by Gasteiger charge is -2.36. The van der Waals surface area contributed by atoms with Crippen molar-refractivity contribution in [3.63, 3.8) is 0 Å². The van der Waals surface area contributed by atoms with Crippen LogP contribution in [0.2, 0.25) is 0 Å². The van der Waals surface area contributed by atoms with Gasteiger partial charge in [0, 0.05) is 4.90 Å². The highest BCUT2D eigenvalue weighted by Gasteiger charge is 2.32. The average molecular weight is 297 g/mol. The number of nitrogens with one attached hydrogen (secondary N) is 1. The van der Waals surface area contributed by atoms with E-state index in [1.807, 2.05) is 0 Å². The predicted molar refractivity (Wildman–Crippen MR) is 78.2 cm³/mol.